The van der Waals surface area contributed by atoms with E-state index in [0.29, 0.717) is 18.6 Å². The number of ketones is 2. The molecular weight excluding hydrogens is 314 g/mol. The van der Waals surface area contributed by atoms with Crippen molar-refractivity contribution in [1.82, 2.24) is 5.32 Å². The summed E-state index contributed by atoms with van der Waals surface area (Å²) in [6.45, 7) is 8.49. The Bertz CT molecular complexity index is 769. The highest BCUT2D eigenvalue weighted by Gasteiger charge is 2.47. The van der Waals surface area contributed by atoms with Gasteiger partial charge >= 0.3 is 0 Å². The van der Waals surface area contributed by atoms with E-state index >= 15 is 0 Å². The lowest BCUT2D eigenvalue weighted by Gasteiger charge is -2.43. The smallest absolute Gasteiger partial charge is 0.162 e. The number of carbonyl (C=O) groups excluding carboxylic acids is 2. The van der Waals surface area contributed by atoms with E-state index in [2.05, 4.69) is 33.0 Å². The van der Waals surface area contributed by atoms with Gasteiger partial charge in [-0.1, -0.05) is 27.7 Å². The fraction of sp³-hybridized carbons (Fsp3) is 0.524. The summed E-state index contributed by atoms with van der Waals surface area (Å²) in [5, 5.41) is 3.50. The van der Waals surface area contributed by atoms with Gasteiger partial charge in [0, 0.05) is 35.4 Å². The molecular formula is C21H25NO3. The van der Waals surface area contributed by atoms with Gasteiger partial charge in [-0.05, 0) is 35.8 Å². The van der Waals surface area contributed by atoms with Crippen molar-refractivity contribution in [3.05, 3.63) is 46.7 Å². The van der Waals surface area contributed by atoms with Crippen molar-refractivity contribution in [3.63, 3.8) is 0 Å². The number of furan rings is 1. The summed E-state index contributed by atoms with van der Waals surface area (Å²) in [5.74, 6) is 0.602. The van der Waals surface area contributed by atoms with E-state index in [0.717, 1.165) is 35.4 Å². The lowest BCUT2D eigenvalue weighted by Crippen LogP contribution is -2.42. The molecule has 0 radical (unpaired) electrons. The predicted octanol–water partition coefficient (Wildman–Crippen LogP) is 4.25. The summed E-state index contributed by atoms with van der Waals surface area (Å²) < 4.78 is 5.67. The Labute approximate surface area is 148 Å². The molecule has 0 fully saturated rings. The first-order valence-electron chi connectivity index (χ1n) is 9.00. The van der Waals surface area contributed by atoms with Gasteiger partial charge in [0.15, 0.2) is 11.6 Å². The van der Waals surface area contributed by atoms with Crippen LogP contribution in [0.3, 0.4) is 0 Å². The minimum absolute atomic E-state index is 0.0666. The average Bonchev–Trinajstić information content (AvgIpc) is 2.95. The maximum Gasteiger partial charge on any atom is 0.162 e. The number of hydrogen-bond acceptors (Lipinski definition) is 4. The van der Waals surface area contributed by atoms with Crippen LogP contribution in [0.4, 0.5) is 0 Å². The summed E-state index contributed by atoms with van der Waals surface area (Å²) >= 11 is 0. The Morgan fingerprint density at radius 2 is 1.44 bits per heavy atom. The minimum Gasteiger partial charge on any atom is -0.468 e. The van der Waals surface area contributed by atoms with Crippen LogP contribution in [-0.2, 0) is 9.59 Å². The quantitative estimate of drug-likeness (QED) is 0.831. The molecule has 1 N–H and O–H groups in total. The van der Waals surface area contributed by atoms with E-state index in [1.54, 1.807) is 6.26 Å². The molecule has 4 rings (SSSR count). The molecule has 25 heavy (non-hydrogen) atoms. The van der Waals surface area contributed by atoms with Crippen molar-refractivity contribution in [2.24, 2.45) is 10.8 Å². The van der Waals surface area contributed by atoms with E-state index < -0.39 is 0 Å². The monoisotopic (exact) mass is 339 g/mol. The molecule has 0 aromatic carbocycles. The lowest BCUT2D eigenvalue weighted by molar-refractivity contribution is -0.119. The van der Waals surface area contributed by atoms with Crippen LogP contribution in [0.1, 0.15) is 65.1 Å². The number of Topliss-reactive ketones (excluding diaryl/α,β-unsaturated/α-hetero) is 2. The van der Waals surface area contributed by atoms with E-state index in [9.17, 15) is 9.59 Å². The largest absolute Gasteiger partial charge is 0.468 e. The zero-order chi connectivity index (χ0) is 18.0. The third kappa shape index (κ3) is 2.68. The molecule has 2 aliphatic carbocycles. The van der Waals surface area contributed by atoms with Gasteiger partial charge in [-0.25, -0.2) is 0 Å². The first-order valence-corrected chi connectivity index (χ1v) is 9.00. The zero-order valence-corrected chi connectivity index (χ0v) is 15.4. The molecule has 1 aromatic heterocycles. The van der Waals surface area contributed by atoms with Gasteiger partial charge in [-0.15, -0.1) is 0 Å². The fourth-order valence-electron chi connectivity index (χ4n) is 4.63. The molecule has 1 aliphatic heterocycles. The Balaban J connectivity index is 1.89. The summed E-state index contributed by atoms with van der Waals surface area (Å²) in [6, 6.07) is 3.71. The van der Waals surface area contributed by atoms with E-state index in [1.165, 1.54) is 0 Å². The summed E-state index contributed by atoms with van der Waals surface area (Å²) in [5.41, 5.74) is 3.30. The number of hydrogen-bond donors (Lipinski definition) is 1. The summed E-state index contributed by atoms with van der Waals surface area (Å²) in [7, 11) is 0. The normalized spacial score (nSPS) is 25.6. The molecule has 1 aromatic rings. The highest BCUT2D eigenvalue weighted by Crippen LogP contribution is 2.50. The van der Waals surface area contributed by atoms with Crippen molar-refractivity contribution in [3.8, 4) is 0 Å². The molecule has 0 unspecified atom stereocenters. The molecule has 0 saturated carbocycles. The van der Waals surface area contributed by atoms with Gasteiger partial charge in [-0.2, -0.15) is 0 Å². The van der Waals surface area contributed by atoms with E-state index in [-0.39, 0.29) is 28.3 Å². The number of allylic oxidation sites excluding steroid dienone is 4. The van der Waals surface area contributed by atoms with Gasteiger partial charge < -0.3 is 9.73 Å². The molecule has 3 aliphatic rings. The highest BCUT2D eigenvalue weighted by atomic mass is 16.3. The van der Waals surface area contributed by atoms with Crippen LogP contribution < -0.4 is 5.32 Å². The minimum atomic E-state index is -0.353. The number of rotatable bonds is 1. The van der Waals surface area contributed by atoms with Gasteiger partial charge in [0.1, 0.15) is 5.76 Å². The first-order chi connectivity index (χ1) is 11.7. The predicted molar refractivity (Wildman–Crippen MR) is 94.7 cm³/mol. The second kappa shape index (κ2) is 5.20. The Kier molecular flexibility index (Phi) is 3.40. The third-order valence-corrected chi connectivity index (χ3v) is 5.55. The SMILES string of the molecule is CC1(C)CC(=O)C2=C(C1)NC1=C(C(=O)CC(C)(C)C1)C2c1ccco1. The molecule has 0 amide bonds. The second-order valence-electron chi connectivity index (χ2n) is 9.24. The maximum atomic E-state index is 13.0. The molecule has 0 atom stereocenters. The molecule has 0 bridgehead atoms. The molecule has 2 heterocycles. The standard InChI is InChI=1S/C21H25NO3/c1-20(2)8-12-17(14(23)10-20)19(16-6-5-7-25-16)18-13(22-12)9-21(3,4)11-15(18)24/h5-7,19,22H,8-11H2,1-4H3. The van der Waals surface area contributed by atoms with Crippen LogP contribution in [0.25, 0.3) is 0 Å². The van der Waals surface area contributed by atoms with Gasteiger partial charge in [0.2, 0.25) is 0 Å². The Morgan fingerprint density at radius 1 is 0.920 bits per heavy atom. The average molecular weight is 339 g/mol. The zero-order valence-electron chi connectivity index (χ0n) is 15.4. The Hall–Kier alpha value is -2.10. The van der Waals surface area contributed by atoms with Gasteiger partial charge in [-0.3, -0.25) is 9.59 Å². The topological polar surface area (TPSA) is 59.3 Å². The first kappa shape index (κ1) is 16.4. The molecule has 4 heteroatoms. The second-order valence-corrected chi connectivity index (χ2v) is 9.24. The van der Waals surface area contributed by atoms with Crippen LogP contribution >= 0.6 is 0 Å². The van der Waals surface area contributed by atoms with Gasteiger partial charge in [0.05, 0.1) is 12.2 Å². The molecule has 0 saturated heterocycles. The lowest BCUT2D eigenvalue weighted by atomic mass is 9.65. The maximum absolute atomic E-state index is 13.0. The van der Waals surface area contributed by atoms with Crippen molar-refractivity contribution >= 4 is 11.6 Å². The van der Waals surface area contributed by atoms with Crippen LogP contribution in [-0.4, -0.2) is 11.6 Å². The Morgan fingerprint density at radius 3 is 1.88 bits per heavy atom. The third-order valence-electron chi connectivity index (χ3n) is 5.55. The van der Waals surface area contributed by atoms with Gasteiger partial charge in [0.25, 0.3) is 0 Å². The molecule has 0 spiro atoms. The van der Waals surface area contributed by atoms with Crippen LogP contribution in [0.5, 0.6) is 0 Å². The van der Waals surface area contributed by atoms with E-state index in [4.69, 9.17) is 4.42 Å². The van der Waals surface area contributed by atoms with Crippen molar-refractivity contribution in [2.45, 2.75) is 59.3 Å². The molecule has 132 valence electrons. The highest BCUT2D eigenvalue weighted by molar-refractivity contribution is 6.06. The van der Waals surface area contributed by atoms with Crippen LogP contribution in [0.15, 0.2) is 45.4 Å². The number of dihydropyridines is 1. The molecule has 4 nitrogen and oxygen atoms in total. The van der Waals surface area contributed by atoms with Crippen LogP contribution in [0, 0.1) is 10.8 Å². The van der Waals surface area contributed by atoms with E-state index in [1.807, 2.05) is 12.1 Å². The van der Waals surface area contributed by atoms with Crippen LogP contribution in [0.2, 0.25) is 0 Å². The fourth-order valence-corrected chi connectivity index (χ4v) is 4.63. The number of carbonyl (C=O) groups is 2. The van der Waals surface area contributed by atoms with Crippen molar-refractivity contribution < 1.29 is 14.0 Å². The summed E-state index contributed by atoms with van der Waals surface area (Å²) in [6.07, 6.45) is 4.26. The summed E-state index contributed by atoms with van der Waals surface area (Å²) in [4.78, 5) is 26.0. The van der Waals surface area contributed by atoms with Crippen molar-refractivity contribution in [2.75, 3.05) is 0 Å². The van der Waals surface area contributed by atoms with Crippen molar-refractivity contribution in [1.29, 1.82) is 0 Å². The number of nitrogens with one attached hydrogen (secondary N) is 1.